The number of anilines is 6. The molecule has 0 unspecified atom stereocenters. The Morgan fingerprint density at radius 1 is 0.216 bits per heavy atom. The first-order valence-electron chi connectivity index (χ1n) is 41.9. The van der Waals surface area contributed by atoms with E-state index in [9.17, 15) is 0 Å². The number of hydrogen-bond donors (Lipinski definition) is 0. The van der Waals surface area contributed by atoms with E-state index in [1.54, 1.807) is 22.7 Å². The molecule has 0 aliphatic carbocycles. The fourth-order valence-electron chi connectivity index (χ4n) is 17.3. The van der Waals surface area contributed by atoms with Gasteiger partial charge >= 0.3 is 0 Å². The van der Waals surface area contributed by atoms with E-state index < -0.39 is 0 Å². The lowest BCUT2D eigenvalue weighted by molar-refractivity contribution is 0.281. The Labute approximate surface area is 735 Å². The topological polar surface area (TPSA) is 87.6 Å². The standard InChI is InChI=1S/C112H78N4O6S3/c1-5-19-73(20-6-1)67-119-93-59-77(61-95(65-93)121-69-75-23-13-35-89(57-75)115(87-31-9-3-10-32-87)101-51-45-83-41-39-79-25-15-27-81-43-47-97(101)109(83)107(79)81)71-117-91-37-17-29-85(63-91)103-53-55-105(123-103)99-49-50-100(112-111(99)113-125-114-112)106-56-54-104(124-106)86-30-18-38-92(64-86)118-72-78-60-94(120-68-74-21-7-2-8-22-74)66-96(62-78)122-70-76-24-14-36-90(58-76)116(88-33-11-4-12-34-88)102-52-46-84-42-40-80-26-16-28-82-44-48-98(102)110(84)108(80)82/h1-66H,67-72H2. The first kappa shape index (κ1) is 76.0. The molecule has 125 heavy (non-hydrogen) atoms. The van der Waals surface area contributed by atoms with Gasteiger partial charge in [0.25, 0.3) is 0 Å². The van der Waals surface area contributed by atoms with Gasteiger partial charge in [-0.15, -0.1) is 22.7 Å². The van der Waals surface area contributed by atoms with Crippen molar-refractivity contribution in [3.8, 4) is 76.3 Å². The smallest absolute Gasteiger partial charge is 0.123 e. The highest BCUT2D eigenvalue weighted by molar-refractivity contribution is 7.19. The number of aromatic nitrogens is 2. The second kappa shape index (κ2) is 33.7. The van der Waals surface area contributed by atoms with Gasteiger partial charge in [-0.05, 0) is 232 Å². The van der Waals surface area contributed by atoms with Gasteiger partial charge < -0.3 is 38.2 Å². The molecule has 0 bridgehead atoms. The summed E-state index contributed by atoms with van der Waals surface area (Å²) in [7, 11) is 0. The van der Waals surface area contributed by atoms with E-state index in [0.29, 0.717) is 49.4 Å². The number of benzene rings is 19. The molecule has 0 N–H and O–H groups in total. The van der Waals surface area contributed by atoms with Crippen molar-refractivity contribution in [2.24, 2.45) is 0 Å². The minimum Gasteiger partial charge on any atom is -0.489 e. The third-order valence-electron chi connectivity index (χ3n) is 23.3. The minimum atomic E-state index is 0.286. The van der Waals surface area contributed by atoms with Gasteiger partial charge in [0.2, 0.25) is 0 Å². The Balaban J connectivity index is 0.475. The summed E-state index contributed by atoms with van der Waals surface area (Å²) in [5.41, 5.74) is 18.4. The molecule has 22 rings (SSSR count). The minimum absolute atomic E-state index is 0.286. The molecular weight excluding hydrogens is 1590 g/mol. The van der Waals surface area contributed by atoms with Crippen molar-refractivity contribution < 1.29 is 28.4 Å². The molecule has 10 nitrogen and oxygen atoms in total. The summed E-state index contributed by atoms with van der Waals surface area (Å²) in [5, 5.41) is 14.9. The van der Waals surface area contributed by atoms with Crippen LogP contribution in [-0.4, -0.2) is 8.75 Å². The van der Waals surface area contributed by atoms with Crippen LogP contribution in [0.2, 0.25) is 0 Å². The van der Waals surface area contributed by atoms with E-state index in [2.05, 4.69) is 337 Å². The fraction of sp³-hybridized carbons (Fsp3) is 0.0536. The maximum atomic E-state index is 6.77. The maximum Gasteiger partial charge on any atom is 0.123 e. The first-order valence-corrected chi connectivity index (χ1v) is 44.2. The number of fused-ring (bicyclic) bond motifs is 1. The van der Waals surface area contributed by atoms with Gasteiger partial charge in [0, 0.05) is 76.3 Å². The summed E-state index contributed by atoms with van der Waals surface area (Å²) in [4.78, 5) is 9.14. The van der Waals surface area contributed by atoms with Crippen molar-refractivity contribution in [1.29, 1.82) is 0 Å². The van der Waals surface area contributed by atoms with Crippen molar-refractivity contribution in [3.63, 3.8) is 0 Å². The Kier molecular flexibility index (Phi) is 20.5. The quantitative estimate of drug-likeness (QED) is 0.0442. The van der Waals surface area contributed by atoms with Gasteiger partial charge in [-0.3, -0.25) is 0 Å². The summed E-state index contributed by atoms with van der Waals surface area (Å²) < 4.78 is 49.8. The first-order chi connectivity index (χ1) is 61.9. The molecule has 0 radical (unpaired) electrons. The van der Waals surface area contributed by atoms with Crippen LogP contribution in [0.1, 0.15) is 33.4 Å². The molecule has 22 aromatic rings. The molecule has 3 aromatic heterocycles. The average molecular weight is 1670 g/mol. The molecule has 0 saturated heterocycles. The zero-order valence-corrected chi connectivity index (χ0v) is 70.3. The highest BCUT2D eigenvalue weighted by Gasteiger charge is 2.24. The van der Waals surface area contributed by atoms with Crippen LogP contribution >= 0.6 is 34.4 Å². The van der Waals surface area contributed by atoms with Crippen LogP contribution in [0, 0.1) is 0 Å². The zero-order valence-electron chi connectivity index (χ0n) is 67.8. The van der Waals surface area contributed by atoms with Gasteiger partial charge in [-0.2, -0.15) is 8.75 Å². The van der Waals surface area contributed by atoms with Crippen molar-refractivity contribution in [1.82, 2.24) is 8.75 Å². The molecule has 600 valence electrons. The molecule has 0 aliphatic rings. The fourth-order valence-corrected chi connectivity index (χ4v) is 20.0. The van der Waals surface area contributed by atoms with Crippen LogP contribution in [0.5, 0.6) is 34.5 Å². The second-order valence-electron chi connectivity index (χ2n) is 31.4. The third kappa shape index (κ3) is 15.7. The van der Waals surface area contributed by atoms with Crippen molar-refractivity contribution in [3.05, 3.63) is 434 Å². The molecule has 0 fully saturated rings. The Hall–Kier alpha value is -15.1. The third-order valence-corrected chi connectivity index (χ3v) is 26.1. The van der Waals surface area contributed by atoms with Gasteiger partial charge in [0.1, 0.15) is 85.2 Å². The van der Waals surface area contributed by atoms with E-state index in [-0.39, 0.29) is 13.2 Å². The highest BCUT2D eigenvalue weighted by Crippen LogP contribution is 2.49. The second-order valence-corrected chi connectivity index (χ2v) is 34.1. The molecule has 0 saturated carbocycles. The lowest BCUT2D eigenvalue weighted by Crippen LogP contribution is -2.11. The largest absolute Gasteiger partial charge is 0.489 e. The van der Waals surface area contributed by atoms with Crippen LogP contribution in [-0.2, 0) is 39.6 Å². The predicted octanol–water partition coefficient (Wildman–Crippen LogP) is 30.7. The Bertz CT molecular complexity index is 7190. The molecule has 13 heteroatoms. The lowest BCUT2D eigenvalue weighted by Gasteiger charge is -2.28. The van der Waals surface area contributed by atoms with Crippen molar-refractivity contribution >= 4 is 144 Å². The number of rotatable bonds is 28. The van der Waals surface area contributed by atoms with Gasteiger partial charge in [-0.1, -0.05) is 255 Å². The van der Waals surface area contributed by atoms with Crippen LogP contribution in [0.25, 0.3) is 117 Å². The zero-order chi connectivity index (χ0) is 82.9. The number of thiophene rings is 2. The summed E-state index contributed by atoms with van der Waals surface area (Å²) >= 11 is 4.69. The normalized spacial score (nSPS) is 11.6. The van der Waals surface area contributed by atoms with E-state index in [0.717, 1.165) is 132 Å². The summed E-state index contributed by atoms with van der Waals surface area (Å²) in [6.07, 6.45) is 0. The van der Waals surface area contributed by atoms with E-state index in [1.165, 1.54) is 76.4 Å². The number of ether oxygens (including phenoxy) is 6. The van der Waals surface area contributed by atoms with Gasteiger partial charge in [-0.25, -0.2) is 0 Å². The van der Waals surface area contributed by atoms with E-state index >= 15 is 0 Å². The molecule has 0 amide bonds. The van der Waals surface area contributed by atoms with Crippen molar-refractivity contribution in [2.75, 3.05) is 9.80 Å². The summed E-state index contributed by atoms with van der Waals surface area (Å²) in [6.45, 7) is 2.04. The van der Waals surface area contributed by atoms with Crippen LogP contribution in [0.15, 0.2) is 400 Å². The molecule has 0 atom stereocenters. The van der Waals surface area contributed by atoms with Crippen LogP contribution in [0.3, 0.4) is 0 Å². The monoisotopic (exact) mass is 1670 g/mol. The summed E-state index contributed by atoms with van der Waals surface area (Å²) in [6, 6.07) is 141. The Morgan fingerprint density at radius 3 is 0.952 bits per heavy atom. The number of nitrogens with zero attached hydrogens (tertiary/aromatic N) is 4. The van der Waals surface area contributed by atoms with Gasteiger partial charge in [0.05, 0.1) is 23.1 Å². The van der Waals surface area contributed by atoms with Crippen molar-refractivity contribution in [2.45, 2.75) is 39.6 Å². The molecule has 0 spiro atoms. The molecule has 0 aliphatic heterocycles. The van der Waals surface area contributed by atoms with Crippen LogP contribution in [0.4, 0.5) is 34.1 Å². The number of para-hydroxylation sites is 2. The van der Waals surface area contributed by atoms with E-state index in [1.807, 2.05) is 72.8 Å². The lowest BCUT2D eigenvalue weighted by atomic mass is 9.93. The molecule has 19 aromatic carbocycles. The van der Waals surface area contributed by atoms with Crippen LogP contribution < -0.4 is 38.2 Å². The maximum absolute atomic E-state index is 6.77. The molecular formula is C112H78N4O6S3. The number of hydrogen-bond acceptors (Lipinski definition) is 13. The average Bonchev–Trinajstić information content (AvgIpc) is 1.50. The van der Waals surface area contributed by atoms with E-state index in [4.69, 9.17) is 37.2 Å². The van der Waals surface area contributed by atoms with Gasteiger partial charge in [0.15, 0.2) is 0 Å². The summed E-state index contributed by atoms with van der Waals surface area (Å²) in [5.74, 6) is 4.23. The molecule has 3 heterocycles. The highest BCUT2D eigenvalue weighted by atomic mass is 32.1. The SMILES string of the molecule is c1ccc(COc2cc(COc3cccc(-c4ccc(-c5ccc(-c6ccc(-c7cccc(OCc8cc(OCc9ccccc9)cc(OCc9cccc(N(c%10ccccc%10)c%10ccc%11ccc%12cccc%13ccc%10c%11c%12%13)c9)c8)c7)s6)c6nsnc56)s4)c3)cc(OCc3cccc(N(c4ccccc4)c4ccc5ccc6cccc7ccc4c5c67)c3)c2)cc1. The Morgan fingerprint density at radius 2 is 0.536 bits per heavy atom. The predicted molar refractivity (Wildman–Crippen MR) is 516 cm³/mol.